The van der Waals surface area contributed by atoms with Crippen molar-refractivity contribution in [3.63, 3.8) is 0 Å². The van der Waals surface area contributed by atoms with Gasteiger partial charge in [0.15, 0.2) is 0 Å². The van der Waals surface area contributed by atoms with Crippen LogP contribution in [-0.4, -0.2) is 6.71 Å². The molecular formula is C60H65BN2O2. The van der Waals surface area contributed by atoms with E-state index in [4.69, 9.17) is 8.83 Å². The lowest BCUT2D eigenvalue weighted by Crippen LogP contribution is -2.61. The molecule has 10 rings (SSSR count). The first-order valence-corrected chi connectivity index (χ1v) is 23.6. The Kier molecular flexibility index (Phi) is 9.44. The van der Waals surface area contributed by atoms with Gasteiger partial charge in [-0.2, -0.15) is 0 Å². The summed E-state index contributed by atoms with van der Waals surface area (Å²) in [5.74, 6) is 0.885. The van der Waals surface area contributed by atoms with Crippen LogP contribution in [0.1, 0.15) is 128 Å². The molecule has 4 nitrogen and oxygen atoms in total. The van der Waals surface area contributed by atoms with E-state index in [0.717, 1.165) is 44.6 Å². The third-order valence-electron chi connectivity index (χ3n) is 14.3. The van der Waals surface area contributed by atoms with Crippen molar-refractivity contribution in [1.29, 1.82) is 0 Å². The number of nitrogens with zero attached hydrogens (tertiary/aromatic N) is 2. The predicted octanol–water partition coefficient (Wildman–Crippen LogP) is 15.4. The van der Waals surface area contributed by atoms with E-state index in [-0.39, 0.29) is 28.4 Å². The van der Waals surface area contributed by atoms with Crippen LogP contribution < -0.4 is 26.4 Å². The van der Waals surface area contributed by atoms with E-state index in [1.165, 1.54) is 83.9 Å². The van der Waals surface area contributed by atoms with Crippen LogP contribution >= 0.6 is 0 Å². The Morgan fingerprint density at radius 2 is 0.954 bits per heavy atom. The van der Waals surface area contributed by atoms with Gasteiger partial charge in [0.25, 0.3) is 6.71 Å². The molecule has 2 aliphatic heterocycles. The van der Waals surface area contributed by atoms with Crippen LogP contribution in [0.3, 0.4) is 0 Å². The Morgan fingerprint density at radius 1 is 0.431 bits per heavy atom. The van der Waals surface area contributed by atoms with Gasteiger partial charge in [0.1, 0.15) is 16.9 Å². The third-order valence-corrected chi connectivity index (χ3v) is 14.3. The van der Waals surface area contributed by atoms with Gasteiger partial charge in [-0.25, -0.2) is 0 Å². The summed E-state index contributed by atoms with van der Waals surface area (Å²) >= 11 is 0. The van der Waals surface area contributed by atoms with Crippen molar-refractivity contribution in [2.45, 2.75) is 132 Å². The van der Waals surface area contributed by atoms with Crippen LogP contribution in [0.25, 0.3) is 33.3 Å². The fourth-order valence-corrected chi connectivity index (χ4v) is 10.6. The summed E-state index contributed by atoms with van der Waals surface area (Å²) in [6.07, 6.45) is 0. The summed E-state index contributed by atoms with van der Waals surface area (Å²) in [6.45, 7) is 36.9. The lowest BCUT2D eigenvalue weighted by Gasteiger charge is -2.45. The van der Waals surface area contributed by atoms with Gasteiger partial charge in [0, 0.05) is 33.4 Å². The number of hydrogen-bond acceptors (Lipinski definition) is 4. The van der Waals surface area contributed by atoms with Gasteiger partial charge in [-0.05, 0) is 159 Å². The van der Waals surface area contributed by atoms with Crippen LogP contribution in [0.15, 0.2) is 112 Å². The standard InChI is InChI=1S/C60H65BN2O2/c1-34-25-39(51-29-38-19-17-18-20-49(38)64-51)26-35(2)53(34)62-46-23-21-41(58(8,9)10)31-45(46)61-52-47(62)32-43(60(14,15)16)33-48(52)63(54-36(3)27-42(28-37(54)4)59(11,12)13)55-44-30-40(57(5,6)7)22-24-50(44)65-56(55)61/h17-33H,1-16H3. The molecule has 65 heavy (non-hydrogen) atoms. The van der Waals surface area contributed by atoms with Gasteiger partial charge in [-0.15, -0.1) is 0 Å². The fraction of sp³-hybridized carbons (Fsp3) is 0.333. The molecular weight excluding hydrogens is 791 g/mol. The average molecular weight is 857 g/mol. The van der Waals surface area contributed by atoms with Crippen molar-refractivity contribution in [3.05, 3.63) is 148 Å². The molecule has 0 spiro atoms. The van der Waals surface area contributed by atoms with Gasteiger partial charge in [0.05, 0.1) is 22.7 Å². The van der Waals surface area contributed by atoms with Crippen LogP contribution in [-0.2, 0) is 21.7 Å². The molecule has 0 unspecified atom stereocenters. The Labute approximate surface area is 387 Å². The second kappa shape index (κ2) is 14.3. The minimum absolute atomic E-state index is 0.00607. The van der Waals surface area contributed by atoms with Crippen LogP contribution in [0.2, 0.25) is 0 Å². The largest absolute Gasteiger partial charge is 0.468 e. The van der Waals surface area contributed by atoms with Crippen molar-refractivity contribution in [2.24, 2.45) is 0 Å². The molecule has 8 aromatic rings. The molecule has 5 heteroatoms. The van der Waals surface area contributed by atoms with E-state index in [1.54, 1.807) is 0 Å². The van der Waals surface area contributed by atoms with Crippen molar-refractivity contribution < 1.29 is 8.83 Å². The first kappa shape index (κ1) is 43.0. The molecule has 2 aromatic heterocycles. The monoisotopic (exact) mass is 857 g/mol. The minimum Gasteiger partial charge on any atom is -0.468 e. The predicted molar refractivity (Wildman–Crippen MR) is 279 cm³/mol. The molecule has 0 bridgehead atoms. The molecule has 0 amide bonds. The van der Waals surface area contributed by atoms with Crippen LogP contribution in [0.4, 0.5) is 34.1 Å². The summed E-state index contributed by atoms with van der Waals surface area (Å²) in [5.41, 5.74) is 23.5. The van der Waals surface area contributed by atoms with Crippen molar-refractivity contribution in [3.8, 4) is 11.3 Å². The normalized spacial score (nSPS) is 14.1. The fourth-order valence-electron chi connectivity index (χ4n) is 10.6. The highest BCUT2D eigenvalue weighted by Crippen LogP contribution is 2.51. The number of aryl methyl sites for hydroxylation is 4. The Morgan fingerprint density at radius 3 is 1.55 bits per heavy atom. The van der Waals surface area contributed by atoms with Crippen molar-refractivity contribution >= 4 is 79.4 Å². The first-order valence-electron chi connectivity index (χ1n) is 23.6. The lowest BCUT2D eigenvalue weighted by molar-refractivity contribution is 0.589. The van der Waals surface area contributed by atoms with Crippen molar-refractivity contribution in [2.75, 3.05) is 9.80 Å². The highest BCUT2D eigenvalue weighted by Gasteiger charge is 2.48. The first-order chi connectivity index (χ1) is 30.4. The second-order valence-corrected chi connectivity index (χ2v) is 23.4. The zero-order valence-corrected chi connectivity index (χ0v) is 41.6. The molecule has 330 valence electrons. The number of para-hydroxylation sites is 1. The van der Waals surface area contributed by atoms with Gasteiger partial charge < -0.3 is 18.6 Å². The maximum Gasteiger partial charge on any atom is 0.297 e. The topological polar surface area (TPSA) is 32.8 Å². The van der Waals surface area contributed by atoms with E-state index in [1.807, 2.05) is 12.1 Å². The molecule has 2 aliphatic rings. The summed E-state index contributed by atoms with van der Waals surface area (Å²) < 4.78 is 13.9. The van der Waals surface area contributed by atoms with Crippen molar-refractivity contribution in [1.82, 2.24) is 0 Å². The van der Waals surface area contributed by atoms with E-state index in [0.29, 0.717) is 0 Å². The second-order valence-electron chi connectivity index (χ2n) is 23.4. The number of furan rings is 2. The quantitative estimate of drug-likeness (QED) is 0.166. The Balaban J connectivity index is 1.33. The molecule has 4 heterocycles. The summed E-state index contributed by atoms with van der Waals surface area (Å²) in [6, 6.07) is 39.1. The smallest absolute Gasteiger partial charge is 0.297 e. The Hall–Kier alpha value is -5.94. The maximum atomic E-state index is 7.40. The molecule has 0 saturated carbocycles. The summed E-state index contributed by atoms with van der Waals surface area (Å²) in [4.78, 5) is 5.20. The van der Waals surface area contributed by atoms with Crippen LogP contribution in [0, 0.1) is 27.7 Å². The Bertz CT molecular complexity index is 3180. The van der Waals surface area contributed by atoms with Gasteiger partial charge in [-0.3, -0.25) is 0 Å². The molecule has 0 radical (unpaired) electrons. The summed E-state index contributed by atoms with van der Waals surface area (Å²) in [5, 5.41) is 2.27. The number of hydrogen-bond donors (Lipinski definition) is 0. The number of rotatable bonds is 3. The number of anilines is 6. The third kappa shape index (κ3) is 6.86. The molecule has 0 saturated heterocycles. The highest BCUT2D eigenvalue weighted by atomic mass is 16.3. The van der Waals surface area contributed by atoms with Gasteiger partial charge in [-0.1, -0.05) is 132 Å². The average Bonchev–Trinajstić information content (AvgIpc) is 3.82. The SMILES string of the molecule is Cc1cc(-c2cc3ccccc3o2)cc(C)c1N1c2ccc(C(C)(C)C)cc2B2c3oc4ccc(C(C)(C)C)cc4c3N(c3c(C)cc(C(C)(C)C)cc3C)c3cc(C(C)(C)C)cc1c32. The molecule has 0 N–H and O–H groups in total. The van der Waals surface area contributed by atoms with E-state index >= 15 is 0 Å². The number of benzene rings is 6. The summed E-state index contributed by atoms with van der Waals surface area (Å²) in [7, 11) is 0. The van der Waals surface area contributed by atoms with E-state index in [9.17, 15) is 0 Å². The number of fused-ring (bicyclic) bond motifs is 7. The molecule has 0 aliphatic carbocycles. The van der Waals surface area contributed by atoms with Gasteiger partial charge in [0.2, 0.25) is 0 Å². The minimum atomic E-state index is -0.150. The zero-order valence-electron chi connectivity index (χ0n) is 41.6. The highest BCUT2D eigenvalue weighted by molar-refractivity contribution is 7.00. The van der Waals surface area contributed by atoms with E-state index < -0.39 is 0 Å². The maximum absolute atomic E-state index is 7.40. The molecule has 6 aromatic carbocycles. The van der Waals surface area contributed by atoms with Crippen LogP contribution in [0.5, 0.6) is 0 Å². The lowest BCUT2D eigenvalue weighted by atomic mass is 9.35. The van der Waals surface area contributed by atoms with E-state index in [2.05, 4.69) is 212 Å². The van der Waals surface area contributed by atoms with Gasteiger partial charge >= 0.3 is 0 Å². The molecule has 0 atom stereocenters. The zero-order chi connectivity index (χ0) is 46.4. The molecule has 0 fully saturated rings.